The molecule has 1 saturated heterocycles. The Morgan fingerprint density at radius 3 is 2.56 bits per heavy atom. The SMILES string of the molecule is O=C(NC1CCC(=CCN2CCC(c3coc4ccccc34)CC2)CC1)C(O)C(F)(F)F. The molecular formula is C24H29F3N2O3. The summed E-state index contributed by atoms with van der Waals surface area (Å²) in [5.74, 6) is -0.850. The van der Waals surface area contributed by atoms with Crippen molar-refractivity contribution in [3.05, 3.63) is 47.7 Å². The number of alkyl halides is 3. The summed E-state index contributed by atoms with van der Waals surface area (Å²) >= 11 is 0. The molecule has 0 radical (unpaired) electrons. The summed E-state index contributed by atoms with van der Waals surface area (Å²) in [5.41, 5.74) is 3.53. The fourth-order valence-electron chi connectivity index (χ4n) is 4.77. The van der Waals surface area contributed by atoms with Gasteiger partial charge in [-0.25, -0.2) is 0 Å². The van der Waals surface area contributed by atoms with Crippen molar-refractivity contribution >= 4 is 16.9 Å². The number of nitrogens with zero attached hydrogens (tertiary/aromatic N) is 1. The molecule has 1 aliphatic heterocycles. The molecule has 2 aromatic rings. The van der Waals surface area contributed by atoms with Gasteiger partial charge in [0, 0.05) is 23.5 Å². The average molecular weight is 451 g/mol. The lowest BCUT2D eigenvalue weighted by Gasteiger charge is -2.31. The lowest BCUT2D eigenvalue weighted by molar-refractivity contribution is -0.205. The number of hydrogen-bond acceptors (Lipinski definition) is 4. The quantitative estimate of drug-likeness (QED) is 0.658. The smallest absolute Gasteiger partial charge is 0.423 e. The van der Waals surface area contributed by atoms with Crippen LogP contribution < -0.4 is 5.32 Å². The molecule has 1 aromatic heterocycles. The Morgan fingerprint density at radius 1 is 1.19 bits per heavy atom. The minimum absolute atomic E-state index is 0.322. The number of benzene rings is 1. The van der Waals surface area contributed by atoms with Crippen molar-refractivity contribution in [2.75, 3.05) is 19.6 Å². The van der Waals surface area contributed by atoms with Crippen LogP contribution in [0.25, 0.3) is 11.0 Å². The molecule has 2 aliphatic rings. The Labute approximate surface area is 185 Å². The number of halogens is 3. The third kappa shape index (κ3) is 5.35. The van der Waals surface area contributed by atoms with Gasteiger partial charge in [0.2, 0.25) is 6.10 Å². The third-order valence-corrected chi connectivity index (χ3v) is 6.71. The van der Waals surface area contributed by atoms with Gasteiger partial charge in [0.1, 0.15) is 5.58 Å². The molecule has 8 heteroatoms. The van der Waals surface area contributed by atoms with E-state index in [1.807, 2.05) is 24.5 Å². The molecule has 2 fully saturated rings. The summed E-state index contributed by atoms with van der Waals surface area (Å²) in [6.07, 6.45) is 1.12. The molecule has 1 aliphatic carbocycles. The van der Waals surface area contributed by atoms with E-state index >= 15 is 0 Å². The first-order valence-corrected chi connectivity index (χ1v) is 11.2. The number of rotatable bonds is 5. The van der Waals surface area contributed by atoms with Crippen molar-refractivity contribution in [3.63, 3.8) is 0 Å². The van der Waals surface area contributed by atoms with E-state index in [2.05, 4.69) is 22.4 Å². The van der Waals surface area contributed by atoms with Crippen LogP contribution in [-0.2, 0) is 4.79 Å². The number of piperidine rings is 1. The molecule has 0 spiro atoms. The highest BCUT2D eigenvalue weighted by Crippen LogP contribution is 2.34. The zero-order valence-corrected chi connectivity index (χ0v) is 17.9. The molecule has 1 aromatic carbocycles. The number of allylic oxidation sites excluding steroid dienone is 1. The van der Waals surface area contributed by atoms with Crippen LogP contribution in [0.3, 0.4) is 0 Å². The third-order valence-electron chi connectivity index (χ3n) is 6.71. The van der Waals surface area contributed by atoms with Gasteiger partial charge < -0.3 is 14.8 Å². The van der Waals surface area contributed by atoms with E-state index in [1.54, 1.807) is 0 Å². The number of fused-ring (bicyclic) bond motifs is 1. The maximum Gasteiger partial charge on any atom is 0.423 e. The molecule has 2 N–H and O–H groups in total. The molecule has 1 amide bonds. The van der Waals surface area contributed by atoms with Crippen molar-refractivity contribution < 1.29 is 27.5 Å². The van der Waals surface area contributed by atoms with Gasteiger partial charge >= 0.3 is 6.18 Å². The maximum atomic E-state index is 12.4. The molecule has 4 rings (SSSR count). The summed E-state index contributed by atoms with van der Waals surface area (Å²) in [7, 11) is 0. The predicted octanol–water partition coefficient (Wildman–Crippen LogP) is 4.52. The zero-order valence-electron chi connectivity index (χ0n) is 17.9. The Morgan fingerprint density at radius 2 is 1.88 bits per heavy atom. The Balaban J connectivity index is 1.21. The van der Waals surface area contributed by atoms with Gasteiger partial charge in [-0.3, -0.25) is 9.69 Å². The number of aliphatic hydroxyl groups is 1. The van der Waals surface area contributed by atoms with E-state index in [9.17, 15) is 18.0 Å². The number of para-hydroxylation sites is 1. The number of carbonyl (C=O) groups is 1. The number of hydrogen-bond donors (Lipinski definition) is 2. The maximum absolute atomic E-state index is 12.4. The van der Waals surface area contributed by atoms with Crippen molar-refractivity contribution in [3.8, 4) is 0 Å². The second-order valence-corrected chi connectivity index (χ2v) is 8.85. The van der Waals surface area contributed by atoms with Crippen LogP contribution in [0.1, 0.15) is 50.0 Å². The molecule has 1 unspecified atom stereocenters. The standard InChI is InChI=1S/C24H29F3N2O3/c25-24(26,27)22(30)23(31)28-18-7-5-16(6-8-18)9-12-29-13-10-17(11-14-29)20-15-32-21-4-2-1-3-19(20)21/h1-4,9,15,17-18,22,30H,5-8,10-14H2,(H,28,31). The average Bonchev–Trinajstić information content (AvgIpc) is 3.22. The molecule has 5 nitrogen and oxygen atoms in total. The van der Waals surface area contributed by atoms with Crippen molar-refractivity contribution in [1.29, 1.82) is 0 Å². The minimum atomic E-state index is -4.93. The van der Waals surface area contributed by atoms with Crippen molar-refractivity contribution in [2.45, 2.75) is 62.8 Å². The van der Waals surface area contributed by atoms with E-state index < -0.39 is 18.2 Å². The molecule has 1 saturated carbocycles. The van der Waals surface area contributed by atoms with Gasteiger partial charge in [0.05, 0.1) is 6.26 Å². The Hall–Kier alpha value is -2.32. The minimum Gasteiger partial charge on any atom is -0.464 e. The molecule has 174 valence electrons. The largest absolute Gasteiger partial charge is 0.464 e. The number of carbonyl (C=O) groups excluding carboxylic acids is 1. The van der Waals surface area contributed by atoms with Crippen LogP contribution in [-0.4, -0.2) is 53.9 Å². The summed E-state index contributed by atoms with van der Waals surface area (Å²) in [6, 6.07) is 7.82. The highest BCUT2D eigenvalue weighted by molar-refractivity contribution is 5.82. The van der Waals surface area contributed by atoms with E-state index in [0.717, 1.165) is 50.9 Å². The zero-order chi connectivity index (χ0) is 22.7. The van der Waals surface area contributed by atoms with Gasteiger partial charge in [0.25, 0.3) is 5.91 Å². The second kappa shape index (κ2) is 9.67. The first kappa shape index (κ1) is 22.9. The molecule has 0 bridgehead atoms. The van der Waals surface area contributed by atoms with Gasteiger partial charge in [0.15, 0.2) is 0 Å². The fourth-order valence-corrected chi connectivity index (χ4v) is 4.77. The van der Waals surface area contributed by atoms with Crippen LogP contribution in [0.4, 0.5) is 13.2 Å². The fraction of sp³-hybridized carbons (Fsp3) is 0.542. The molecular weight excluding hydrogens is 421 g/mol. The molecule has 32 heavy (non-hydrogen) atoms. The summed E-state index contributed by atoms with van der Waals surface area (Å²) in [6.45, 7) is 2.90. The summed E-state index contributed by atoms with van der Waals surface area (Å²) in [4.78, 5) is 14.0. The van der Waals surface area contributed by atoms with Gasteiger partial charge in [-0.1, -0.05) is 29.8 Å². The van der Waals surface area contributed by atoms with Gasteiger partial charge in [-0.05, 0) is 63.6 Å². The highest BCUT2D eigenvalue weighted by Gasteiger charge is 2.44. The lowest BCUT2D eigenvalue weighted by Crippen LogP contribution is -2.48. The Bertz CT molecular complexity index is 951. The number of likely N-dealkylation sites (tertiary alicyclic amines) is 1. The van der Waals surface area contributed by atoms with Crippen LogP contribution in [0.2, 0.25) is 0 Å². The summed E-state index contributed by atoms with van der Waals surface area (Å²) in [5, 5.41) is 12.6. The Kier molecular flexibility index (Phi) is 6.90. The van der Waals surface area contributed by atoms with Crippen LogP contribution >= 0.6 is 0 Å². The van der Waals surface area contributed by atoms with E-state index in [1.165, 1.54) is 16.5 Å². The molecule has 2 heterocycles. The number of furan rings is 1. The van der Waals surface area contributed by atoms with Crippen LogP contribution in [0, 0.1) is 0 Å². The lowest BCUT2D eigenvalue weighted by atomic mass is 9.88. The first-order chi connectivity index (χ1) is 15.3. The van der Waals surface area contributed by atoms with E-state index in [-0.39, 0.29) is 6.04 Å². The summed E-state index contributed by atoms with van der Waals surface area (Å²) < 4.78 is 43.0. The monoisotopic (exact) mass is 450 g/mol. The number of nitrogens with one attached hydrogen (secondary N) is 1. The second-order valence-electron chi connectivity index (χ2n) is 8.85. The first-order valence-electron chi connectivity index (χ1n) is 11.2. The number of aliphatic hydroxyl groups excluding tert-OH is 1. The highest BCUT2D eigenvalue weighted by atomic mass is 19.4. The molecule has 1 atom stereocenters. The predicted molar refractivity (Wildman–Crippen MR) is 115 cm³/mol. The van der Waals surface area contributed by atoms with Crippen molar-refractivity contribution in [1.82, 2.24) is 10.2 Å². The van der Waals surface area contributed by atoms with Crippen molar-refractivity contribution in [2.24, 2.45) is 0 Å². The topological polar surface area (TPSA) is 65.7 Å². The normalized spacial score (nSPS) is 22.1. The van der Waals surface area contributed by atoms with Crippen LogP contribution in [0.5, 0.6) is 0 Å². The van der Waals surface area contributed by atoms with Crippen LogP contribution in [0.15, 0.2) is 46.6 Å². The van der Waals surface area contributed by atoms with E-state index in [0.29, 0.717) is 18.8 Å². The number of amides is 1. The van der Waals surface area contributed by atoms with E-state index in [4.69, 9.17) is 9.52 Å². The van der Waals surface area contributed by atoms with Gasteiger partial charge in [-0.15, -0.1) is 0 Å². The van der Waals surface area contributed by atoms with Gasteiger partial charge in [-0.2, -0.15) is 13.2 Å².